The number of carboxylic acids is 1. The van der Waals surface area contributed by atoms with E-state index in [0.717, 1.165) is 43.6 Å². The SMILES string of the molecule is O=C(O)c1cccc(C(=O)N2CCCC2CC2CC3CCC2C3)n1. The lowest BCUT2D eigenvalue weighted by atomic mass is 9.83. The molecule has 1 aromatic rings. The maximum atomic E-state index is 12.8. The highest BCUT2D eigenvalue weighted by molar-refractivity contribution is 5.94. The average Bonchev–Trinajstić information content (AvgIpc) is 3.31. The van der Waals surface area contributed by atoms with Crippen molar-refractivity contribution in [2.75, 3.05) is 6.54 Å². The molecular formula is C19H24N2O3. The molecular weight excluding hydrogens is 304 g/mol. The number of fused-ring (bicyclic) bond motifs is 2. The molecule has 0 radical (unpaired) electrons. The van der Waals surface area contributed by atoms with Gasteiger partial charge in [0.05, 0.1) is 0 Å². The second-order valence-corrected chi connectivity index (χ2v) is 7.68. The molecule has 2 bridgehead atoms. The van der Waals surface area contributed by atoms with Crippen molar-refractivity contribution in [3.8, 4) is 0 Å². The Morgan fingerprint density at radius 2 is 2.00 bits per heavy atom. The fourth-order valence-electron chi connectivity index (χ4n) is 5.18. The maximum Gasteiger partial charge on any atom is 0.354 e. The Balaban J connectivity index is 1.47. The van der Waals surface area contributed by atoms with Gasteiger partial charge in [0.15, 0.2) is 0 Å². The number of aromatic nitrogens is 1. The summed E-state index contributed by atoms with van der Waals surface area (Å²) in [5, 5.41) is 9.07. The van der Waals surface area contributed by atoms with Crippen molar-refractivity contribution in [3.05, 3.63) is 29.6 Å². The number of hydrogen-bond donors (Lipinski definition) is 1. The molecule has 1 N–H and O–H groups in total. The van der Waals surface area contributed by atoms with Gasteiger partial charge >= 0.3 is 5.97 Å². The van der Waals surface area contributed by atoms with Crippen LogP contribution in [0, 0.1) is 17.8 Å². The number of carboxylic acid groups (broad SMARTS) is 1. The molecule has 128 valence electrons. The van der Waals surface area contributed by atoms with Crippen LogP contribution >= 0.6 is 0 Å². The lowest BCUT2D eigenvalue weighted by Crippen LogP contribution is -2.37. The minimum atomic E-state index is -1.09. The van der Waals surface area contributed by atoms with Crippen molar-refractivity contribution in [2.24, 2.45) is 17.8 Å². The summed E-state index contributed by atoms with van der Waals surface area (Å²) < 4.78 is 0. The predicted octanol–water partition coefficient (Wildman–Crippen LogP) is 3.21. The van der Waals surface area contributed by atoms with Gasteiger partial charge in [-0.25, -0.2) is 9.78 Å². The van der Waals surface area contributed by atoms with Crippen molar-refractivity contribution in [3.63, 3.8) is 0 Å². The molecule has 4 unspecified atom stereocenters. The summed E-state index contributed by atoms with van der Waals surface area (Å²) in [5.74, 6) is 1.38. The number of aromatic carboxylic acids is 1. The molecule has 24 heavy (non-hydrogen) atoms. The Bertz CT molecular complexity index is 660. The summed E-state index contributed by atoms with van der Waals surface area (Å²) in [5.41, 5.74) is 0.194. The largest absolute Gasteiger partial charge is 0.477 e. The molecule has 1 aliphatic heterocycles. The first-order chi connectivity index (χ1) is 11.6. The first-order valence-corrected chi connectivity index (χ1v) is 9.13. The van der Waals surface area contributed by atoms with Crippen LogP contribution in [0.3, 0.4) is 0 Å². The van der Waals surface area contributed by atoms with Gasteiger partial charge in [-0.15, -0.1) is 0 Å². The molecule has 3 fully saturated rings. The van der Waals surface area contributed by atoms with Crippen LogP contribution in [0.15, 0.2) is 18.2 Å². The monoisotopic (exact) mass is 328 g/mol. The Labute approximate surface area is 142 Å². The van der Waals surface area contributed by atoms with E-state index in [2.05, 4.69) is 4.98 Å². The maximum absolute atomic E-state index is 12.8. The van der Waals surface area contributed by atoms with Gasteiger partial charge in [0.2, 0.25) is 0 Å². The highest BCUT2D eigenvalue weighted by Crippen LogP contribution is 2.50. The van der Waals surface area contributed by atoms with E-state index in [1.165, 1.54) is 31.7 Å². The highest BCUT2D eigenvalue weighted by atomic mass is 16.4. The number of pyridine rings is 1. The fourth-order valence-corrected chi connectivity index (χ4v) is 5.18. The van der Waals surface area contributed by atoms with E-state index in [1.54, 1.807) is 12.1 Å². The first-order valence-electron chi connectivity index (χ1n) is 9.13. The number of amides is 1. The van der Waals surface area contributed by atoms with Gasteiger partial charge in [-0.1, -0.05) is 12.5 Å². The zero-order valence-corrected chi connectivity index (χ0v) is 13.9. The van der Waals surface area contributed by atoms with Crippen LogP contribution in [0.25, 0.3) is 0 Å². The van der Waals surface area contributed by atoms with Crippen molar-refractivity contribution in [1.29, 1.82) is 0 Å². The quantitative estimate of drug-likeness (QED) is 0.921. The van der Waals surface area contributed by atoms with Crippen molar-refractivity contribution in [2.45, 2.75) is 51.0 Å². The van der Waals surface area contributed by atoms with Gasteiger partial charge in [0.1, 0.15) is 11.4 Å². The van der Waals surface area contributed by atoms with Crippen LogP contribution in [-0.4, -0.2) is 39.5 Å². The zero-order chi connectivity index (χ0) is 16.7. The summed E-state index contributed by atoms with van der Waals surface area (Å²) in [7, 11) is 0. The Morgan fingerprint density at radius 3 is 2.71 bits per heavy atom. The minimum Gasteiger partial charge on any atom is -0.477 e. The van der Waals surface area contributed by atoms with Gasteiger partial charge in [-0.3, -0.25) is 4.79 Å². The molecule has 3 aliphatic rings. The molecule has 5 heteroatoms. The molecule has 1 aromatic heterocycles. The van der Waals surface area contributed by atoms with E-state index in [4.69, 9.17) is 5.11 Å². The van der Waals surface area contributed by atoms with Gasteiger partial charge in [-0.2, -0.15) is 0 Å². The van der Waals surface area contributed by atoms with Gasteiger partial charge in [-0.05, 0) is 68.4 Å². The van der Waals surface area contributed by atoms with Crippen LogP contribution in [0.1, 0.15) is 65.9 Å². The van der Waals surface area contributed by atoms with E-state index >= 15 is 0 Å². The first kappa shape index (κ1) is 15.6. The number of likely N-dealkylation sites (tertiary alicyclic amines) is 1. The zero-order valence-electron chi connectivity index (χ0n) is 13.9. The lowest BCUT2D eigenvalue weighted by molar-refractivity contribution is 0.0687. The summed E-state index contributed by atoms with van der Waals surface area (Å²) >= 11 is 0. The average molecular weight is 328 g/mol. The molecule has 4 rings (SSSR count). The van der Waals surface area contributed by atoms with Gasteiger partial charge in [0.25, 0.3) is 5.91 Å². The molecule has 2 aliphatic carbocycles. The molecule has 0 spiro atoms. The van der Waals surface area contributed by atoms with E-state index in [0.29, 0.717) is 6.04 Å². The summed E-state index contributed by atoms with van der Waals surface area (Å²) in [6.45, 7) is 0.767. The summed E-state index contributed by atoms with van der Waals surface area (Å²) in [6, 6.07) is 4.96. The molecule has 1 saturated heterocycles. The van der Waals surface area contributed by atoms with Crippen molar-refractivity contribution in [1.82, 2.24) is 9.88 Å². The summed E-state index contributed by atoms with van der Waals surface area (Å²) in [4.78, 5) is 29.9. The van der Waals surface area contributed by atoms with Crippen LogP contribution in [0.2, 0.25) is 0 Å². The van der Waals surface area contributed by atoms with Crippen molar-refractivity contribution < 1.29 is 14.7 Å². The van der Waals surface area contributed by atoms with Gasteiger partial charge < -0.3 is 10.0 Å². The smallest absolute Gasteiger partial charge is 0.354 e. The number of carbonyl (C=O) groups is 2. The number of carbonyl (C=O) groups excluding carboxylic acids is 1. The third-order valence-corrected chi connectivity index (χ3v) is 6.28. The van der Waals surface area contributed by atoms with E-state index < -0.39 is 5.97 Å². The van der Waals surface area contributed by atoms with Crippen LogP contribution in [-0.2, 0) is 0 Å². The summed E-state index contributed by atoms with van der Waals surface area (Å²) in [6.07, 6.45) is 8.74. The lowest BCUT2D eigenvalue weighted by Gasteiger charge is -2.30. The molecule has 4 atom stereocenters. The standard InChI is InChI=1S/C19H24N2O3/c22-18(16-4-1-5-17(20-16)19(23)24)21-8-2-3-15(21)11-14-10-12-6-7-13(14)9-12/h1,4-5,12-15H,2-3,6-11H2,(H,23,24). The molecule has 1 amide bonds. The van der Waals surface area contributed by atoms with E-state index in [-0.39, 0.29) is 17.3 Å². The van der Waals surface area contributed by atoms with Crippen LogP contribution < -0.4 is 0 Å². The Morgan fingerprint density at radius 1 is 1.17 bits per heavy atom. The van der Waals surface area contributed by atoms with Crippen LogP contribution in [0.4, 0.5) is 0 Å². The highest BCUT2D eigenvalue weighted by Gasteiger charge is 2.42. The topological polar surface area (TPSA) is 70.5 Å². The second kappa shape index (κ2) is 6.19. The fraction of sp³-hybridized carbons (Fsp3) is 0.632. The number of nitrogens with zero attached hydrogens (tertiary/aromatic N) is 2. The number of rotatable bonds is 4. The Hall–Kier alpha value is -1.91. The number of hydrogen-bond acceptors (Lipinski definition) is 3. The Kier molecular flexibility index (Phi) is 4.02. The third kappa shape index (κ3) is 2.80. The van der Waals surface area contributed by atoms with Crippen LogP contribution in [0.5, 0.6) is 0 Å². The van der Waals surface area contributed by atoms with Gasteiger partial charge in [0, 0.05) is 12.6 Å². The predicted molar refractivity (Wildman–Crippen MR) is 88.8 cm³/mol. The van der Waals surface area contributed by atoms with Crippen molar-refractivity contribution >= 4 is 11.9 Å². The third-order valence-electron chi connectivity index (χ3n) is 6.28. The minimum absolute atomic E-state index is 0.0651. The normalized spacial score (nSPS) is 31.6. The molecule has 5 nitrogen and oxygen atoms in total. The van der Waals surface area contributed by atoms with E-state index in [9.17, 15) is 9.59 Å². The molecule has 2 saturated carbocycles. The second-order valence-electron chi connectivity index (χ2n) is 7.68. The van der Waals surface area contributed by atoms with E-state index in [1.807, 2.05) is 4.90 Å². The molecule has 2 heterocycles. The molecule has 0 aromatic carbocycles.